The minimum atomic E-state index is -4.89. The average Bonchev–Trinajstić information content (AvgIpc) is 3.33. The Morgan fingerprint density at radius 1 is 0.976 bits per heavy atom. The van der Waals surface area contributed by atoms with Gasteiger partial charge in [0.15, 0.2) is 5.65 Å². The first kappa shape index (κ1) is 26.0. The molecule has 206 valence electrons. The van der Waals surface area contributed by atoms with E-state index in [1.807, 2.05) is 0 Å². The van der Waals surface area contributed by atoms with Gasteiger partial charge in [0.1, 0.15) is 46.8 Å². The number of nitrogen functional groups attached to an aromatic ring is 1. The lowest BCUT2D eigenvalue weighted by Crippen LogP contribution is -2.17. The van der Waals surface area contributed by atoms with Gasteiger partial charge in [-0.15, -0.1) is 13.2 Å². The van der Waals surface area contributed by atoms with E-state index in [2.05, 4.69) is 19.8 Å². The van der Waals surface area contributed by atoms with Crippen molar-refractivity contribution in [3.8, 4) is 28.1 Å². The molecular formula is C29H19F4N5O3. The summed E-state index contributed by atoms with van der Waals surface area (Å²) in [4.78, 5) is 22.1. The summed E-state index contributed by atoms with van der Waals surface area (Å²) < 4.78 is 64.7. The van der Waals surface area contributed by atoms with Crippen molar-refractivity contribution in [1.82, 2.24) is 19.7 Å². The Kier molecular flexibility index (Phi) is 6.17. The molecule has 1 atom stereocenters. The predicted octanol–water partition coefficient (Wildman–Crippen LogP) is 6.50. The van der Waals surface area contributed by atoms with Crippen molar-refractivity contribution in [1.29, 1.82) is 0 Å². The first-order valence-corrected chi connectivity index (χ1v) is 12.3. The van der Waals surface area contributed by atoms with Gasteiger partial charge in [-0.3, -0.25) is 4.79 Å². The SMILES string of the molecule is CC(c1oc2ccccc2c(=O)c1-c1cccc(F)c1)n1nc(-c2cccc(OC(F)(F)F)c2)c2c(N)ncnc21. The molecule has 0 aliphatic carbocycles. The van der Waals surface area contributed by atoms with E-state index in [9.17, 15) is 22.4 Å². The standard InChI is InChI=1S/C29H19F4N5O3/c1-15(26-22(16-6-4-8-18(30)12-16)25(39)20-10-2-3-11-21(20)40-26)38-28-23(27(34)35-14-36-28)24(37-38)17-7-5-9-19(13-17)41-29(31,32)33/h2-15H,1H3,(H2,34,35,36). The number of alkyl halides is 3. The molecule has 0 spiro atoms. The summed E-state index contributed by atoms with van der Waals surface area (Å²) >= 11 is 0. The van der Waals surface area contributed by atoms with E-state index in [4.69, 9.17) is 10.2 Å². The van der Waals surface area contributed by atoms with Gasteiger partial charge in [0.2, 0.25) is 5.43 Å². The van der Waals surface area contributed by atoms with Crippen LogP contribution < -0.4 is 15.9 Å². The van der Waals surface area contributed by atoms with E-state index in [0.717, 1.165) is 6.07 Å². The first-order valence-electron chi connectivity index (χ1n) is 12.3. The number of hydrogen-bond donors (Lipinski definition) is 1. The van der Waals surface area contributed by atoms with E-state index in [1.165, 1.54) is 41.3 Å². The second-order valence-corrected chi connectivity index (χ2v) is 9.18. The van der Waals surface area contributed by atoms with Gasteiger partial charge in [-0.2, -0.15) is 5.10 Å². The lowest BCUT2D eigenvalue weighted by molar-refractivity contribution is -0.274. The number of aromatic nitrogens is 4. The Bertz CT molecular complexity index is 2000. The molecule has 3 heterocycles. The van der Waals surface area contributed by atoms with Crippen LogP contribution in [0.25, 0.3) is 44.4 Å². The Labute approximate surface area is 228 Å². The lowest BCUT2D eigenvalue weighted by atomic mass is 9.99. The molecule has 3 aromatic heterocycles. The van der Waals surface area contributed by atoms with E-state index in [0.29, 0.717) is 16.5 Å². The largest absolute Gasteiger partial charge is 0.573 e. The zero-order valence-corrected chi connectivity index (χ0v) is 21.2. The molecule has 3 aromatic carbocycles. The van der Waals surface area contributed by atoms with Crippen LogP contribution >= 0.6 is 0 Å². The van der Waals surface area contributed by atoms with Crippen LogP contribution in [0.15, 0.2) is 88.3 Å². The molecule has 2 N–H and O–H groups in total. The summed E-state index contributed by atoms with van der Waals surface area (Å²) in [6.45, 7) is 1.70. The fourth-order valence-corrected chi connectivity index (χ4v) is 4.79. The second kappa shape index (κ2) is 9.73. The van der Waals surface area contributed by atoms with Gasteiger partial charge in [0.05, 0.1) is 16.3 Å². The normalized spacial score (nSPS) is 12.6. The Hall–Kier alpha value is -5.26. The van der Waals surface area contributed by atoms with Crippen molar-refractivity contribution < 1.29 is 26.7 Å². The number of fused-ring (bicyclic) bond motifs is 2. The molecule has 0 aliphatic rings. The van der Waals surface area contributed by atoms with E-state index < -0.39 is 24.0 Å². The highest BCUT2D eigenvalue weighted by atomic mass is 19.4. The van der Waals surface area contributed by atoms with Gasteiger partial charge in [-0.1, -0.05) is 36.4 Å². The maximum Gasteiger partial charge on any atom is 0.573 e. The summed E-state index contributed by atoms with van der Waals surface area (Å²) in [7, 11) is 0. The van der Waals surface area contributed by atoms with E-state index in [1.54, 1.807) is 43.3 Å². The number of nitrogens with two attached hydrogens (primary N) is 1. The van der Waals surface area contributed by atoms with Crippen LogP contribution in [0.1, 0.15) is 18.7 Å². The van der Waals surface area contributed by atoms with Gasteiger partial charge < -0.3 is 14.9 Å². The van der Waals surface area contributed by atoms with E-state index >= 15 is 0 Å². The highest BCUT2D eigenvalue weighted by Gasteiger charge is 2.32. The Balaban J connectivity index is 1.59. The number of para-hydroxylation sites is 1. The predicted molar refractivity (Wildman–Crippen MR) is 144 cm³/mol. The summed E-state index contributed by atoms with van der Waals surface area (Å²) in [6.07, 6.45) is -3.67. The lowest BCUT2D eigenvalue weighted by Gasteiger charge is -2.17. The molecule has 8 nitrogen and oxygen atoms in total. The van der Waals surface area contributed by atoms with Crippen molar-refractivity contribution in [3.63, 3.8) is 0 Å². The zero-order chi connectivity index (χ0) is 28.9. The quantitative estimate of drug-likeness (QED) is 0.240. The summed E-state index contributed by atoms with van der Waals surface area (Å²) in [6, 6.07) is 16.7. The van der Waals surface area contributed by atoms with Crippen LogP contribution in [-0.2, 0) is 0 Å². The van der Waals surface area contributed by atoms with Crippen molar-refractivity contribution in [3.05, 3.63) is 101 Å². The fraction of sp³-hybridized carbons (Fsp3) is 0.103. The first-order chi connectivity index (χ1) is 19.6. The van der Waals surface area contributed by atoms with Gasteiger partial charge in [0.25, 0.3) is 0 Å². The third-order valence-electron chi connectivity index (χ3n) is 6.54. The molecule has 0 saturated carbocycles. The second-order valence-electron chi connectivity index (χ2n) is 9.18. The average molecular weight is 561 g/mol. The molecule has 0 fully saturated rings. The van der Waals surface area contributed by atoms with Crippen LogP contribution in [-0.4, -0.2) is 26.1 Å². The molecule has 0 radical (unpaired) electrons. The van der Waals surface area contributed by atoms with Crippen molar-refractivity contribution >= 4 is 27.8 Å². The molecule has 0 aliphatic heterocycles. The summed E-state index contributed by atoms with van der Waals surface area (Å²) in [5, 5.41) is 5.24. The highest BCUT2D eigenvalue weighted by Crippen LogP contribution is 2.37. The van der Waals surface area contributed by atoms with Gasteiger partial charge in [-0.25, -0.2) is 19.0 Å². The number of benzene rings is 3. The van der Waals surface area contributed by atoms with Crippen molar-refractivity contribution in [2.75, 3.05) is 5.73 Å². The molecule has 1 unspecified atom stereocenters. The Morgan fingerprint density at radius 3 is 2.51 bits per heavy atom. The molecule has 0 bridgehead atoms. The highest BCUT2D eigenvalue weighted by molar-refractivity contribution is 5.98. The molecule has 41 heavy (non-hydrogen) atoms. The smallest absolute Gasteiger partial charge is 0.458 e. The maximum atomic E-state index is 14.3. The number of rotatable bonds is 5. The summed E-state index contributed by atoms with van der Waals surface area (Å²) in [5.74, 6) is -0.783. The van der Waals surface area contributed by atoms with Gasteiger partial charge in [0, 0.05) is 5.56 Å². The minimum Gasteiger partial charge on any atom is -0.458 e. The fourth-order valence-electron chi connectivity index (χ4n) is 4.79. The van der Waals surface area contributed by atoms with E-state index in [-0.39, 0.29) is 44.9 Å². The number of hydrogen-bond acceptors (Lipinski definition) is 7. The van der Waals surface area contributed by atoms with Gasteiger partial charge in [-0.05, 0) is 48.9 Å². The molecule has 0 amide bonds. The molecule has 6 aromatic rings. The molecular weight excluding hydrogens is 542 g/mol. The van der Waals surface area contributed by atoms with Crippen LogP contribution in [0.5, 0.6) is 5.75 Å². The maximum absolute atomic E-state index is 14.3. The number of anilines is 1. The summed E-state index contributed by atoms with van der Waals surface area (Å²) in [5.41, 5.74) is 7.24. The number of ether oxygens (including phenoxy) is 1. The van der Waals surface area contributed by atoms with Gasteiger partial charge >= 0.3 is 6.36 Å². The monoisotopic (exact) mass is 561 g/mol. The van der Waals surface area contributed by atoms with Crippen LogP contribution in [0.4, 0.5) is 23.4 Å². The topological polar surface area (TPSA) is 109 Å². The van der Waals surface area contributed by atoms with Crippen LogP contribution in [0.2, 0.25) is 0 Å². The van der Waals surface area contributed by atoms with Crippen LogP contribution in [0.3, 0.4) is 0 Å². The van der Waals surface area contributed by atoms with Crippen molar-refractivity contribution in [2.24, 2.45) is 0 Å². The van der Waals surface area contributed by atoms with Crippen molar-refractivity contribution in [2.45, 2.75) is 19.3 Å². The third-order valence-corrected chi connectivity index (χ3v) is 6.54. The molecule has 0 saturated heterocycles. The Morgan fingerprint density at radius 2 is 1.73 bits per heavy atom. The van der Waals surface area contributed by atoms with Crippen LogP contribution in [0, 0.1) is 5.82 Å². The molecule has 12 heteroatoms. The zero-order valence-electron chi connectivity index (χ0n) is 21.2. The minimum absolute atomic E-state index is 0.0379. The third kappa shape index (κ3) is 4.73. The molecule has 6 rings (SSSR count). The number of halogens is 4. The number of nitrogens with zero attached hydrogens (tertiary/aromatic N) is 4.